The van der Waals surface area contributed by atoms with Crippen LogP contribution in [0.3, 0.4) is 0 Å². The van der Waals surface area contributed by atoms with Gasteiger partial charge in [-0.3, -0.25) is 9.67 Å². The summed E-state index contributed by atoms with van der Waals surface area (Å²) in [6.07, 6.45) is 7.92. The highest BCUT2D eigenvalue weighted by Crippen LogP contribution is 1.98. The highest BCUT2D eigenvalue weighted by atomic mass is 127. The van der Waals surface area contributed by atoms with E-state index >= 15 is 0 Å². The Morgan fingerprint density at radius 1 is 1.63 bits per heavy atom. The maximum Gasteiger partial charge on any atom is 0.193 e. The Balaban J connectivity index is 0.00000324. The van der Waals surface area contributed by atoms with Crippen LogP contribution in [0.5, 0.6) is 0 Å². The zero-order valence-electron chi connectivity index (χ0n) is 12.0. The molecule has 0 saturated heterocycles. The van der Waals surface area contributed by atoms with Crippen molar-refractivity contribution < 1.29 is 0 Å². The first-order chi connectivity index (χ1) is 8.67. The molecular formula is C13H24IN5. The van der Waals surface area contributed by atoms with Crippen LogP contribution in [0.25, 0.3) is 0 Å². The number of aliphatic imine (C=N–C) groups is 1. The summed E-state index contributed by atoms with van der Waals surface area (Å²) in [6, 6.07) is 0. The minimum atomic E-state index is 0. The molecule has 1 aromatic rings. The first kappa shape index (κ1) is 17.9. The van der Waals surface area contributed by atoms with Crippen LogP contribution in [-0.2, 0) is 13.6 Å². The van der Waals surface area contributed by atoms with E-state index < -0.39 is 0 Å². The Labute approximate surface area is 132 Å². The predicted molar refractivity (Wildman–Crippen MR) is 90.9 cm³/mol. The number of guanidine groups is 1. The summed E-state index contributed by atoms with van der Waals surface area (Å²) in [7, 11) is 5.76. The fourth-order valence-corrected chi connectivity index (χ4v) is 1.71. The number of unbranched alkanes of at least 4 members (excludes halogenated alkanes) is 1. The van der Waals surface area contributed by atoms with Crippen LogP contribution in [0.15, 0.2) is 30.0 Å². The standard InChI is InChI=1S/C13H23N5.HI/c1-5-6-7-8-17(3)13(14-2)15-9-12-10-16-18(4)11-12;/h5,10-11H,1,6-9H2,2-4H3,(H,14,15);1H. The van der Waals surface area contributed by atoms with E-state index in [9.17, 15) is 0 Å². The number of halogens is 1. The number of hydrogen-bond donors (Lipinski definition) is 1. The number of aromatic nitrogens is 2. The lowest BCUT2D eigenvalue weighted by Gasteiger charge is -2.21. The van der Waals surface area contributed by atoms with Crippen molar-refractivity contribution >= 4 is 29.9 Å². The van der Waals surface area contributed by atoms with E-state index in [0.717, 1.165) is 37.5 Å². The van der Waals surface area contributed by atoms with Crippen LogP contribution in [0.4, 0.5) is 0 Å². The molecule has 1 rings (SSSR count). The summed E-state index contributed by atoms with van der Waals surface area (Å²) in [5.74, 6) is 0.905. The summed E-state index contributed by atoms with van der Waals surface area (Å²) in [5, 5.41) is 7.46. The van der Waals surface area contributed by atoms with Crippen molar-refractivity contribution in [1.82, 2.24) is 20.0 Å². The average Bonchev–Trinajstić information content (AvgIpc) is 2.76. The van der Waals surface area contributed by atoms with Crippen LogP contribution in [0.1, 0.15) is 18.4 Å². The molecule has 19 heavy (non-hydrogen) atoms. The molecule has 0 aliphatic heterocycles. The molecule has 0 fully saturated rings. The Bertz CT molecular complexity index is 399. The van der Waals surface area contributed by atoms with Crippen LogP contribution in [-0.4, -0.2) is 41.3 Å². The van der Waals surface area contributed by atoms with Crippen molar-refractivity contribution in [1.29, 1.82) is 0 Å². The number of hydrogen-bond acceptors (Lipinski definition) is 2. The zero-order valence-corrected chi connectivity index (χ0v) is 14.3. The number of rotatable bonds is 6. The largest absolute Gasteiger partial charge is 0.352 e. The fraction of sp³-hybridized carbons (Fsp3) is 0.538. The minimum Gasteiger partial charge on any atom is -0.352 e. The zero-order chi connectivity index (χ0) is 13.4. The highest BCUT2D eigenvalue weighted by Gasteiger charge is 2.05. The molecule has 0 amide bonds. The van der Waals surface area contributed by atoms with Gasteiger partial charge in [-0.2, -0.15) is 5.10 Å². The van der Waals surface area contributed by atoms with Gasteiger partial charge in [-0.25, -0.2) is 0 Å². The van der Waals surface area contributed by atoms with Crippen LogP contribution in [0.2, 0.25) is 0 Å². The normalized spacial score (nSPS) is 10.8. The molecule has 1 heterocycles. The lowest BCUT2D eigenvalue weighted by Crippen LogP contribution is -2.38. The first-order valence-corrected chi connectivity index (χ1v) is 6.17. The SMILES string of the molecule is C=CCCCN(C)C(=NC)NCc1cnn(C)c1.I. The van der Waals surface area contributed by atoms with E-state index in [1.807, 2.05) is 32.6 Å². The summed E-state index contributed by atoms with van der Waals surface area (Å²) in [5.41, 5.74) is 1.15. The first-order valence-electron chi connectivity index (χ1n) is 6.17. The van der Waals surface area contributed by atoms with E-state index in [4.69, 9.17) is 0 Å². The molecule has 108 valence electrons. The van der Waals surface area contributed by atoms with Crippen molar-refractivity contribution in [3.63, 3.8) is 0 Å². The fourth-order valence-electron chi connectivity index (χ4n) is 1.71. The molecule has 0 spiro atoms. The van der Waals surface area contributed by atoms with Gasteiger partial charge in [0, 0.05) is 46.0 Å². The maximum atomic E-state index is 4.27. The monoisotopic (exact) mass is 377 g/mol. The lowest BCUT2D eigenvalue weighted by molar-refractivity contribution is 0.470. The second-order valence-corrected chi connectivity index (χ2v) is 4.28. The van der Waals surface area contributed by atoms with Gasteiger partial charge >= 0.3 is 0 Å². The van der Waals surface area contributed by atoms with Gasteiger partial charge in [0.1, 0.15) is 0 Å². The van der Waals surface area contributed by atoms with E-state index in [0.29, 0.717) is 0 Å². The molecule has 6 heteroatoms. The highest BCUT2D eigenvalue weighted by molar-refractivity contribution is 14.0. The Morgan fingerprint density at radius 3 is 2.89 bits per heavy atom. The van der Waals surface area contributed by atoms with Crippen molar-refractivity contribution in [2.75, 3.05) is 20.6 Å². The summed E-state index contributed by atoms with van der Waals surface area (Å²) < 4.78 is 1.80. The number of nitrogens with one attached hydrogen (secondary N) is 1. The van der Waals surface area contributed by atoms with E-state index in [2.05, 4.69) is 26.9 Å². The van der Waals surface area contributed by atoms with Crippen LogP contribution >= 0.6 is 24.0 Å². The number of allylic oxidation sites excluding steroid dienone is 1. The Hall–Kier alpha value is -1.05. The van der Waals surface area contributed by atoms with Gasteiger partial charge in [-0.15, -0.1) is 30.6 Å². The van der Waals surface area contributed by atoms with Crippen molar-refractivity contribution in [3.8, 4) is 0 Å². The van der Waals surface area contributed by atoms with Crippen molar-refractivity contribution in [3.05, 3.63) is 30.6 Å². The molecule has 0 aliphatic carbocycles. The van der Waals surface area contributed by atoms with Gasteiger partial charge in [0.05, 0.1) is 6.20 Å². The van der Waals surface area contributed by atoms with Gasteiger partial charge in [-0.05, 0) is 12.8 Å². The Kier molecular flexibility index (Phi) is 9.28. The van der Waals surface area contributed by atoms with Gasteiger partial charge in [-0.1, -0.05) is 6.08 Å². The Morgan fingerprint density at radius 2 is 2.37 bits per heavy atom. The third-order valence-corrected chi connectivity index (χ3v) is 2.68. The second-order valence-electron chi connectivity index (χ2n) is 4.28. The van der Waals surface area contributed by atoms with Crippen molar-refractivity contribution in [2.45, 2.75) is 19.4 Å². The number of nitrogens with zero attached hydrogens (tertiary/aromatic N) is 4. The van der Waals surface area contributed by atoms with Crippen molar-refractivity contribution in [2.24, 2.45) is 12.0 Å². The molecule has 0 radical (unpaired) electrons. The summed E-state index contributed by atoms with van der Waals surface area (Å²) in [6.45, 7) is 5.44. The molecule has 0 unspecified atom stereocenters. The molecule has 5 nitrogen and oxygen atoms in total. The quantitative estimate of drug-likeness (QED) is 0.271. The topological polar surface area (TPSA) is 45.4 Å². The predicted octanol–water partition coefficient (Wildman–Crippen LogP) is 2.01. The maximum absolute atomic E-state index is 4.27. The van der Waals surface area contributed by atoms with Crippen LogP contribution < -0.4 is 5.32 Å². The third-order valence-electron chi connectivity index (χ3n) is 2.68. The molecule has 1 aromatic heterocycles. The molecule has 0 bridgehead atoms. The summed E-state index contributed by atoms with van der Waals surface area (Å²) >= 11 is 0. The third kappa shape index (κ3) is 6.60. The summed E-state index contributed by atoms with van der Waals surface area (Å²) in [4.78, 5) is 6.39. The molecule has 1 N–H and O–H groups in total. The molecule has 0 saturated carbocycles. The van der Waals surface area contributed by atoms with Gasteiger partial charge in [0.15, 0.2) is 5.96 Å². The molecule has 0 aromatic carbocycles. The van der Waals surface area contributed by atoms with Gasteiger partial charge in [0.2, 0.25) is 0 Å². The average molecular weight is 377 g/mol. The number of aryl methyl sites for hydroxylation is 1. The minimum absolute atomic E-state index is 0. The molecule has 0 atom stereocenters. The van der Waals surface area contributed by atoms with E-state index in [1.54, 1.807) is 11.7 Å². The smallest absolute Gasteiger partial charge is 0.193 e. The lowest BCUT2D eigenvalue weighted by atomic mass is 10.3. The van der Waals surface area contributed by atoms with E-state index in [-0.39, 0.29) is 24.0 Å². The second kappa shape index (κ2) is 9.82. The van der Waals surface area contributed by atoms with Crippen LogP contribution in [0, 0.1) is 0 Å². The molecular weight excluding hydrogens is 353 g/mol. The molecule has 0 aliphatic rings. The van der Waals surface area contributed by atoms with Gasteiger partial charge in [0.25, 0.3) is 0 Å². The van der Waals surface area contributed by atoms with E-state index in [1.165, 1.54) is 0 Å². The van der Waals surface area contributed by atoms with Gasteiger partial charge < -0.3 is 10.2 Å².